The Morgan fingerprint density at radius 2 is 1.40 bits per heavy atom. The van der Waals surface area contributed by atoms with Crippen LogP contribution in [0, 0.1) is 6.33 Å². The van der Waals surface area contributed by atoms with Gasteiger partial charge in [0, 0.05) is 36.7 Å². The Bertz CT molecular complexity index is 4040. The van der Waals surface area contributed by atoms with Gasteiger partial charge in [0.05, 0.1) is 47.1 Å². The zero-order valence-electron chi connectivity index (χ0n) is 50.2. The monoisotopic (exact) mass is 768 g/mol. The van der Waals surface area contributed by atoms with Crippen molar-refractivity contribution in [2.75, 3.05) is 0 Å². The van der Waals surface area contributed by atoms with Crippen LogP contribution >= 0.6 is 0 Å². The standard InChI is InChI=1S/C53H40N4O/c1-53(2)30-29-38-34-54-51(33-46(38)53)57-47-24-10-9-21-44(47)45-28-27-41(32-50(45)57)58-40-20-13-19-39(31-40)55-35-56(49-26-12-11-25-48(49)55)52-42(36-15-5-3-6-16-36)22-14-23-43(52)37-17-7-4-8-18-37/h3-28,31-34H,29-30H2,1-2H3/i1D3,2D3,3D,4D,5D,6D,7D,8D,15D,16D,17D,18D,29D2,30D2. The Labute approximate surface area is 365 Å². The van der Waals surface area contributed by atoms with E-state index in [0.29, 0.717) is 44.6 Å². The lowest BCUT2D eigenvalue weighted by Crippen LogP contribution is -2.31. The smallest absolute Gasteiger partial charge is 0.269 e. The predicted octanol–water partition coefficient (Wildman–Crippen LogP) is 12.5. The van der Waals surface area contributed by atoms with Crippen LogP contribution in [0.3, 0.4) is 0 Å². The van der Waals surface area contributed by atoms with Crippen molar-refractivity contribution >= 4 is 32.8 Å². The molecule has 5 nitrogen and oxygen atoms in total. The second-order valence-electron chi connectivity index (χ2n) is 13.7. The molecule has 0 N–H and O–H groups in total. The molecule has 1 aliphatic rings. The molecule has 0 saturated carbocycles. The lowest BCUT2D eigenvalue weighted by molar-refractivity contribution is -0.571. The third kappa shape index (κ3) is 5.61. The summed E-state index contributed by atoms with van der Waals surface area (Å²) >= 11 is 0. The normalized spacial score (nSPS) is 20.5. The van der Waals surface area contributed by atoms with Gasteiger partial charge in [-0.05, 0) is 94.0 Å². The summed E-state index contributed by atoms with van der Waals surface area (Å²) in [7, 11) is 0. The summed E-state index contributed by atoms with van der Waals surface area (Å²) in [5.41, 5.74) is -1.97. The Morgan fingerprint density at radius 1 is 0.707 bits per heavy atom. The van der Waals surface area contributed by atoms with E-state index in [9.17, 15) is 0 Å². The minimum atomic E-state index is -3.55. The lowest BCUT2D eigenvalue weighted by atomic mass is 9.87. The van der Waals surface area contributed by atoms with Crippen LogP contribution in [-0.4, -0.2) is 14.1 Å². The van der Waals surface area contributed by atoms with E-state index in [4.69, 9.17) is 32.2 Å². The van der Waals surface area contributed by atoms with Crippen molar-refractivity contribution in [1.29, 1.82) is 0 Å². The van der Waals surface area contributed by atoms with Crippen LogP contribution in [0.5, 0.6) is 11.5 Å². The number of benzene rings is 7. The van der Waals surface area contributed by atoms with Gasteiger partial charge in [-0.25, -0.2) is 4.98 Å². The van der Waals surface area contributed by atoms with E-state index >= 15 is 0 Å². The van der Waals surface area contributed by atoms with Gasteiger partial charge in [-0.3, -0.25) is 13.7 Å². The van der Waals surface area contributed by atoms with E-state index in [1.165, 1.54) is 18.2 Å². The largest absolute Gasteiger partial charge is 0.458 e. The van der Waals surface area contributed by atoms with Crippen LogP contribution in [0.1, 0.15) is 58.6 Å². The summed E-state index contributed by atoms with van der Waals surface area (Å²) in [6, 6.07) is 26.3. The number of hydrogen-bond acceptors (Lipinski definition) is 2. The minimum absolute atomic E-state index is 0.00308. The van der Waals surface area contributed by atoms with Gasteiger partial charge in [-0.15, -0.1) is 0 Å². The molecule has 7 aromatic carbocycles. The molecule has 58 heavy (non-hydrogen) atoms. The van der Waals surface area contributed by atoms with E-state index < -0.39 is 103 Å². The topological polar surface area (TPSA) is 35.9 Å². The molecule has 1 aliphatic carbocycles. The maximum atomic E-state index is 9.01. The fraction of sp³-hybridized carbons (Fsp3) is 0.0943. The third-order valence-electron chi connectivity index (χ3n) is 10.2. The van der Waals surface area contributed by atoms with Gasteiger partial charge in [-0.1, -0.05) is 141 Å². The SMILES string of the molecule is [2H]c1c([2H])c([2H])c(-c2cccc(-c3c([2H])c([2H])c([2H])c([2H])c3[2H])c2-[n+]2[c-]n(-c3cccc(Oc4ccc5c6ccccc6n(-c6cc7c(cn6)C([2H])([2H])C([2H])([2H])C7(C([2H])([2H])[2H])C([2H])([2H])[2H])c5c4)c3)c3ccccc32)c([2H])c1[2H]. The predicted molar refractivity (Wildman–Crippen MR) is 235 cm³/mol. The zero-order chi connectivity index (χ0) is 56.1. The highest BCUT2D eigenvalue weighted by atomic mass is 16.5. The van der Waals surface area contributed by atoms with Crippen LogP contribution in [0.2, 0.25) is 0 Å². The van der Waals surface area contributed by atoms with Crippen LogP contribution in [-0.2, 0) is 11.8 Å². The molecule has 0 radical (unpaired) electrons. The Morgan fingerprint density at radius 3 is 2.17 bits per heavy atom. The Balaban J connectivity index is 1.07. The number of aromatic nitrogens is 4. The number of hydrogen-bond donors (Lipinski definition) is 0. The molecule has 10 aromatic rings. The Hall–Kier alpha value is -7.24. The van der Waals surface area contributed by atoms with Gasteiger partial charge in [0.15, 0.2) is 0 Å². The highest BCUT2D eigenvalue weighted by Crippen LogP contribution is 2.41. The quantitative estimate of drug-likeness (QED) is 0.120. The van der Waals surface area contributed by atoms with Gasteiger partial charge in [-0.2, -0.15) is 0 Å². The number of nitrogens with zero attached hydrogens (tertiary/aromatic N) is 4. The second-order valence-corrected chi connectivity index (χ2v) is 13.7. The number of imidazole rings is 1. The van der Waals surface area contributed by atoms with Crippen molar-refractivity contribution in [3.8, 4) is 50.9 Å². The average molecular weight is 769 g/mol. The summed E-state index contributed by atoms with van der Waals surface area (Å²) in [6.07, 6.45) is -2.14. The molecule has 0 aliphatic heterocycles. The molecule has 0 bridgehead atoms. The molecule has 0 unspecified atom stereocenters. The first kappa shape index (κ1) is 19.3. The van der Waals surface area contributed by atoms with Gasteiger partial charge in [0.2, 0.25) is 0 Å². The fourth-order valence-corrected chi connectivity index (χ4v) is 7.66. The zero-order valence-corrected chi connectivity index (χ0v) is 30.2. The first-order valence-electron chi connectivity index (χ1n) is 28.2. The molecule has 5 heteroatoms. The van der Waals surface area contributed by atoms with E-state index in [1.54, 1.807) is 92.6 Å². The molecule has 11 rings (SSSR count). The summed E-state index contributed by atoms with van der Waals surface area (Å²) in [6.45, 7) is -7.09. The van der Waals surface area contributed by atoms with E-state index in [2.05, 4.69) is 11.3 Å². The minimum Gasteiger partial charge on any atom is -0.458 e. The maximum Gasteiger partial charge on any atom is 0.269 e. The van der Waals surface area contributed by atoms with Crippen LogP contribution in [0.4, 0.5) is 0 Å². The van der Waals surface area contributed by atoms with Gasteiger partial charge in [0.25, 0.3) is 6.33 Å². The maximum absolute atomic E-state index is 9.01. The molecule has 3 aromatic heterocycles. The van der Waals surface area contributed by atoms with Crippen molar-refractivity contribution < 1.29 is 36.7 Å². The van der Waals surface area contributed by atoms with Gasteiger partial charge in [0.1, 0.15) is 17.3 Å². The summed E-state index contributed by atoms with van der Waals surface area (Å²) in [5, 5.41) is 1.40. The Kier molecular flexibility index (Phi) is 4.47. The van der Waals surface area contributed by atoms with E-state index in [0.717, 1.165) is 17.6 Å². The molecule has 0 saturated heterocycles. The molecule has 3 heterocycles. The number of rotatable bonds is 7. The van der Waals surface area contributed by atoms with E-state index in [1.807, 2.05) is 12.1 Å². The molecule has 0 fully saturated rings. The number of pyridine rings is 1. The molecular formula is C53H40N4O. The first-order chi connectivity index (χ1) is 36.7. The summed E-state index contributed by atoms with van der Waals surface area (Å²) in [5.74, 6) is 0.604. The molecule has 0 atom stereocenters. The van der Waals surface area contributed by atoms with Crippen molar-refractivity contribution in [3.63, 3.8) is 0 Å². The first-order valence-corrected chi connectivity index (χ1v) is 18.2. The van der Waals surface area contributed by atoms with Crippen LogP contribution < -0.4 is 9.30 Å². The summed E-state index contributed by atoms with van der Waals surface area (Å²) < 4.78 is 185. The number of para-hydroxylation sites is 4. The van der Waals surface area contributed by atoms with Crippen molar-refractivity contribution in [1.82, 2.24) is 14.1 Å². The van der Waals surface area contributed by atoms with Gasteiger partial charge >= 0.3 is 0 Å². The van der Waals surface area contributed by atoms with Gasteiger partial charge < -0.3 is 4.74 Å². The van der Waals surface area contributed by atoms with Crippen molar-refractivity contribution in [3.05, 3.63) is 199 Å². The fourth-order valence-electron chi connectivity index (χ4n) is 7.66. The summed E-state index contributed by atoms with van der Waals surface area (Å²) in [4.78, 5) is 4.53. The third-order valence-corrected chi connectivity index (χ3v) is 10.2. The highest BCUT2D eigenvalue weighted by molar-refractivity contribution is 6.09. The van der Waals surface area contributed by atoms with E-state index in [-0.39, 0.29) is 33.8 Å². The highest BCUT2D eigenvalue weighted by Gasteiger charge is 2.31. The average Bonchev–Trinajstić information content (AvgIpc) is 4.21. The molecule has 278 valence electrons. The van der Waals surface area contributed by atoms with Crippen LogP contribution in [0.15, 0.2) is 182 Å². The molecular weight excluding hydrogens is 709 g/mol. The number of aryl methyl sites for hydroxylation is 1. The lowest BCUT2D eigenvalue weighted by Gasteiger charge is -2.19. The van der Waals surface area contributed by atoms with Crippen LogP contribution in [0.25, 0.3) is 72.3 Å². The molecule has 0 amide bonds. The van der Waals surface area contributed by atoms with Crippen molar-refractivity contribution in [2.45, 2.75) is 31.9 Å². The van der Waals surface area contributed by atoms with Crippen molar-refractivity contribution in [2.24, 2.45) is 0 Å². The second kappa shape index (κ2) is 13.5. The number of fused-ring (bicyclic) bond motifs is 5. The molecule has 0 spiro atoms. The number of ether oxygens (including phenoxy) is 1.